The summed E-state index contributed by atoms with van der Waals surface area (Å²) >= 11 is 1.12. The molecule has 3 aromatic rings. The standard InChI is InChI=1S/C23H18F6N4O3S/c1-30-10-15(20(34)32-21-33-31-12-37-21)7-13-3-6-18(19(8-13)35-2)36-11-14-4-5-16(22(24,25)26)9-17(14)23(27,28)29/h3-10,12H,11H2,1-2H3,(H,32,33,34)/b15-7-,30-10?. The van der Waals surface area contributed by atoms with Gasteiger partial charge in [-0.05, 0) is 35.9 Å². The van der Waals surface area contributed by atoms with Crippen LogP contribution in [0.15, 0.2) is 52.5 Å². The molecule has 1 amide bonds. The summed E-state index contributed by atoms with van der Waals surface area (Å²) in [5.41, 5.74) is -1.28. The quantitative estimate of drug-likeness (QED) is 0.217. The number of carbonyl (C=O) groups excluding carboxylic acids is 1. The number of carbonyl (C=O) groups is 1. The lowest BCUT2D eigenvalue weighted by Gasteiger charge is -2.17. The van der Waals surface area contributed by atoms with E-state index in [0.29, 0.717) is 11.6 Å². The molecule has 0 aliphatic carbocycles. The Morgan fingerprint density at radius 1 is 1.08 bits per heavy atom. The van der Waals surface area contributed by atoms with Gasteiger partial charge in [0.15, 0.2) is 11.5 Å². The molecule has 14 heteroatoms. The number of aromatic nitrogens is 2. The number of halogens is 6. The van der Waals surface area contributed by atoms with Crippen LogP contribution in [0.3, 0.4) is 0 Å². The molecule has 2 aromatic carbocycles. The number of nitrogens with zero attached hydrogens (tertiary/aromatic N) is 3. The fraction of sp³-hybridized carbons (Fsp3) is 0.217. The molecule has 1 aromatic heterocycles. The van der Waals surface area contributed by atoms with Gasteiger partial charge in [0, 0.05) is 18.8 Å². The van der Waals surface area contributed by atoms with Crippen LogP contribution in [0, 0.1) is 0 Å². The molecule has 0 saturated carbocycles. The van der Waals surface area contributed by atoms with Crippen molar-refractivity contribution in [2.45, 2.75) is 19.0 Å². The zero-order chi connectivity index (χ0) is 27.2. The van der Waals surface area contributed by atoms with Gasteiger partial charge in [-0.15, -0.1) is 10.2 Å². The van der Waals surface area contributed by atoms with E-state index in [0.717, 1.165) is 17.4 Å². The zero-order valence-electron chi connectivity index (χ0n) is 19.1. The number of anilines is 1. The number of hydrogen-bond donors (Lipinski definition) is 1. The van der Waals surface area contributed by atoms with Gasteiger partial charge in [0.25, 0.3) is 5.91 Å². The smallest absolute Gasteiger partial charge is 0.416 e. The van der Waals surface area contributed by atoms with E-state index in [1.54, 1.807) is 0 Å². The molecule has 0 unspecified atom stereocenters. The Hall–Kier alpha value is -3.94. The Kier molecular flexibility index (Phi) is 8.53. The van der Waals surface area contributed by atoms with Gasteiger partial charge in [0.1, 0.15) is 12.1 Å². The van der Waals surface area contributed by atoms with Gasteiger partial charge in [0.2, 0.25) is 5.13 Å². The van der Waals surface area contributed by atoms with Crippen molar-refractivity contribution < 1.29 is 40.6 Å². The summed E-state index contributed by atoms with van der Waals surface area (Å²) in [6.45, 7) is -0.670. The summed E-state index contributed by atoms with van der Waals surface area (Å²) in [5.74, 6) is -0.355. The van der Waals surface area contributed by atoms with Crippen LogP contribution >= 0.6 is 11.3 Å². The lowest BCUT2D eigenvalue weighted by molar-refractivity contribution is -0.143. The van der Waals surface area contributed by atoms with E-state index in [1.165, 1.54) is 50.2 Å². The molecule has 0 aliphatic rings. The minimum absolute atomic E-state index is 0.0386. The van der Waals surface area contributed by atoms with E-state index in [1.807, 2.05) is 0 Å². The van der Waals surface area contributed by atoms with E-state index in [4.69, 9.17) is 9.47 Å². The molecule has 196 valence electrons. The van der Waals surface area contributed by atoms with Gasteiger partial charge >= 0.3 is 12.4 Å². The molecule has 0 saturated heterocycles. The maximum absolute atomic E-state index is 13.4. The Morgan fingerprint density at radius 3 is 2.43 bits per heavy atom. The second-order valence-corrected chi connectivity index (χ2v) is 8.08. The van der Waals surface area contributed by atoms with E-state index in [-0.39, 0.29) is 28.3 Å². The van der Waals surface area contributed by atoms with E-state index >= 15 is 0 Å². The third kappa shape index (κ3) is 7.29. The number of alkyl halides is 6. The molecule has 1 N–H and O–H groups in total. The highest BCUT2D eigenvalue weighted by Gasteiger charge is 2.38. The van der Waals surface area contributed by atoms with Crippen LogP contribution in [-0.4, -0.2) is 36.5 Å². The van der Waals surface area contributed by atoms with Crippen molar-refractivity contribution in [2.24, 2.45) is 4.99 Å². The molecule has 0 atom stereocenters. The topological polar surface area (TPSA) is 85.7 Å². The van der Waals surface area contributed by atoms with Crippen LogP contribution in [0.1, 0.15) is 22.3 Å². The molecule has 37 heavy (non-hydrogen) atoms. The van der Waals surface area contributed by atoms with Gasteiger partial charge in [-0.3, -0.25) is 15.1 Å². The van der Waals surface area contributed by atoms with Gasteiger partial charge in [-0.2, -0.15) is 26.3 Å². The maximum Gasteiger partial charge on any atom is 0.416 e. The lowest BCUT2D eigenvalue weighted by atomic mass is 10.0. The van der Waals surface area contributed by atoms with Crippen LogP contribution in [0.4, 0.5) is 31.5 Å². The fourth-order valence-electron chi connectivity index (χ4n) is 3.07. The molecule has 1 heterocycles. The summed E-state index contributed by atoms with van der Waals surface area (Å²) in [5, 5.41) is 10.2. The van der Waals surface area contributed by atoms with Crippen LogP contribution in [0.5, 0.6) is 11.5 Å². The fourth-order valence-corrected chi connectivity index (χ4v) is 3.51. The molecule has 0 aliphatic heterocycles. The Balaban J connectivity index is 1.84. The highest BCUT2D eigenvalue weighted by atomic mass is 32.1. The minimum Gasteiger partial charge on any atom is -0.493 e. The monoisotopic (exact) mass is 544 g/mol. The summed E-state index contributed by atoms with van der Waals surface area (Å²) in [7, 11) is 2.77. The molecule has 0 spiro atoms. The number of ether oxygens (including phenoxy) is 2. The second kappa shape index (κ2) is 11.4. The average Bonchev–Trinajstić information content (AvgIpc) is 3.34. The van der Waals surface area contributed by atoms with Crippen LogP contribution in [-0.2, 0) is 23.8 Å². The Morgan fingerprint density at radius 2 is 1.84 bits per heavy atom. The minimum atomic E-state index is -5.02. The first-order valence-electron chi connectivity index (χ1n) is 10.2. The SMILES string of the molecule is CN=C/C(=C/c1ccc(OCc2ccc(C(F)(F)F)cc2C(F)(F)F)c(OC)c1)C(=O)Nc1nncs1. The van der Waals surface area contributed by atoms with Crippen molar-refractivity contribution in [1.82, 2.24) is 10.2 Å². The predicted octanol–water partition coefficient (Wildman–Crippen LogP) is 5.89. The van der Waals surface area contributed by atoms with E-state index in [2.05, 4.69) is 20.5 Å². The highest BCUT2D eigenvalue weighted by molar-refractivity contribution is 7.13. The average molecular weight is 544 g/mol. The normalized spacial score (nSPS) is 12.6. The third-order valence-corrected chi connectivity index (χ3v) is 5.35. The number of benzene rings is 2. The summed E-state index contributed by atoms with van der Waals surface area (Å²) < 4.78 is 89.6. The third-order valence-electron chi connectivity index (χ3n) is 4.75. The molecule has 3 rings (SSSR count). The highest BCUT2D eigenvalue weighted by Crippen LogP contribution is 2.38. The van der Waals surface area contributed by atoms with Gasteiger partial charge < -0.3 is 9.47 Å². The largest absolute Gasteiger partial charge is 0.493 e. The molecular formula is C23H18F6N4O3S. The molecule has 7 nitrogen and oxygen atoms in total. The van der Waals surface area contributed by atoms with Crippen molar-refractivity contribution in [3.8, 4) is 11.5 Å². The van der Waals surface area contributed by atoms with Crippen LogP contribution in [0.25, 0.3) is 6.08 Å². The Bertz CT molecular complexity index is 1300. The summed E-state index contributed by atoms with van der Waals surface area (Å²) in [6, 6.07) is 5.70. The summed E-state index contributed by atoms with van der Waals surface area (Å²) in [6.07, 6.45) is -7.16. The number of methoxy groups -OCH3 is 1. The maximum atomic E-state index is 13.4. The molecular weight excluding hydrogens is 526 g/mol. The number of nitrogens with one attached hydrogen (secondary N) is 1. The van der Waals surface area contributed by atoms with E-state index < -0.39 is 41.6 Å². The van der Waals surface area contributed by atoms with Crippen LogP contribution in [0.2, 0.25) is 0 Å². The Labute approximate surface area is 210 Å². The van der Waals surface area contributed by atoms with Crippen molar-refractivity contribution in [2.75, 3.05) is 19.5 Å². The molecule has 0 radical (unpaired) electrons. The van der Waals surface area contributed by atoms with Crippen LogP contribution < -0.4 is 14.8 Å². The van der Waals surface area contributed by atoms with E-state index in [9.17, 15) is 31.1 Å². The lowest BCUT2D eigenvalue weighted by Crippen LogP contribution is -2.15. The number of rotatable bonds is 8. The zero-order valence-corrected chi connectivity index (χ0v) is 20.0. The van der Waals surface area contributed by atoms with Crippen molar-refractivity contribution in [1.29, 1.82) is 0 Å². The van der Waals surface area contributed by atoms with Gasteiger partial charge in [-0.25, -0.2) is 0 Å². The first-order valence-corrected chi connectivity index (χ1v) is 11.1. The number of aliphatic imine (C=N–C) groups is 1. The predicted molar refractivity (Wildman–Crippen MR) is 125 cm³/mol. The molecule has 0 fully saturated rings. The molecule has 0 bridgehead atoms. The summed E-state index contributed by atoms with van der Waals surface area (Å²) in [4.78, 5) is 16.4. The van der Waals surface area contributed by atoms with Crippen molar-refractivity contribution in [3.63, 3.8) is 0 Å². The number of amides is 1. The van der Waals surface area contributed by atoms with Gasteiger partial charge in [0.05, 0.1) is 23.8 Å². The van der Waals surface area contributed by atoms with Crippen molar-refractivity contribution in [3.05, 3.63) is 69.7 Å². The first-order chi connectivity index (χ1) is 17.4. The van der Waals surface area contributed by atoms with Gasteiger partial charge in [-0.1, -0.05) is 23.5 Å². The second-order valence-electron chi connectivity index (χ2n) is 7.25. The number of hydrogen-bond acceptors (Lipinski definition) is 7. The van der Waals surface area contributed by atoms with Crippen molar-refractivity contribution >= 4 is 34.7 Å². The first kappa shape index (κ1) is 27.6.